The number of fused-ring (bicyclic) bond motifs is 2. The molecule has 4 rings (SSSR count). The normalized spacial score (nSPS) is 11.6. The SMILES string of the molecule is O=c1ccoc2cc3oc(C=Cc4ccccc4)cc3cc12. The predicted octanol–water partition coefficient (Wildman–Crippen LogP) is 4.71. The molecule has 4 aromatic rings. The molecule has 0 aliphatic rings. The third kappa shape index (κ3) is 2.23. The van der Waals surface area contributed by atoms with Crippen LogP contribution in [0, 0.1) is 0 Å². The highest BCUT2D eigenvalue weighted by Gasteiger charge is 2.07. The zero-order valence-corrected chi connectivity index (χ0v) is 11.7. The molecule has 22 heavy (non-hydrogen) atoms. The predicted molar refractivity (Wildman–Crippen MR) is 87.6 cm³/mol. The highest BCUT2D eigenvalue weighted by Crippen LogP contribution is 2.25. The Morgan fingerprint density at radius 1 is 0.864 bits per heavy atom. The van der Waals surface area contributed by atoms with E-state index < -0.39 is 0 Å². The van der Waals surface area contributed by atoms with Crippen molar-refractivity contribution in [2.24, 2.45) is 0 Å². The van der Waals surface area contributed by atoms with E-state index in [1.54, 1.807) is 12.1 Å². The van der Waals surface area contributed by atoms with Gasteiger partial charge >= 0.3 is 0 Å². The average molecular weight is 288 g/mol. The van der Waals surface area contributed by atoms with Crippen LogP contribution in [0.25, 0.3) is 34.1 Å². The van der Waals surface area contributed by atoms with Crippen molar-refractivity contribution in [3.05, 3.63) is 82.4 Å². The average Bonchev–Trinajstić information content (AvgIpc) is 2.94. The Morgan fingerprint density at radius 3 is 2.59 bits per heavy atom. The van der Waals surface area contributed by atoms with Gasteiger partial charge in [-0.05, 0) is 23.8 Å². The summed E-state index contributed by atoms with van der Waals surface area (Å²) in [5, 5.41) is 1.45. The zero-order valence-electron chi connectivity index (χ0n) is 11.7. The Morgan fingerprint density at radius 2 is 1.73 bits per heavy atom. The Balaban J connectivity index is 1.80. The van der Waals surface area contributed by atoms with Gasteiger partial charge in [0, 0.05) is 17.5 Å². The molecule has 2 aromatic heterocycles. The van der Waals surface area contributed by atoms with E-state index in [1.807, 2.05) is 48.6 Å². The van der Waals surface area contributed by atoms with E-state index >= 15 is 0 Å². The maximum atomic E-state index is 11.8. The third-order valence-corrected chi connectivity index (χ3v) is 3.56. The Hall–Kier alpha value is -3.07. The van der Waals surface area contributed by atoms with Gasteiger partial charge in [-0.15, -0.1) is 0 Å². The van der Waals surface area contributed by atoms with E-state index in [9.17, 15) is 4.79 Å². The summed E-state index contributed by atoms with van der Waals surface area (Å²) in [5.41, 5.74) is 2.29. The second kappa shape index (κ2) is 5.04. The summed E-state index contributed by atoms with van der Waals surface area (Å²) in [6, 6.07) is 16.9. The van der Waals surface area contributed by atoms with Gasteiger partial charge in [0.05, 0.1) is 11.6 Å². The highest BCUT2D eigenvalue weighted by molar-refractivity contribution is 5.94. The topological polar surface area (TPSA) is 43.4 Å². The van der Waals surface area contributed by atoms with E-state index in [4.69, 9.17) is 8.83 Å². The van der Waals surface area contributed by atoms with Crippen molar-refractivity contribution in [3.63, 3.8) is 0 Å². The Kier molecular flexibility index (Phi) is 2.90. The maximum Gasteiger partial charge on any atom is 0.192 e. The standard InChI is InChI=1S/C19H12O3/c20-17-8-9-21-19-12-18-14(11-16(17)19)10-15(22-18)7-6-13-4-2-1-3-5-13/h1-12H. The first kappa shape index (κ1) is 12.7. The molecule has 3 heteroatoms. The number of furan rings is 1. The van der Waals surface area contributed by atoms with Crippen LogP contribution in [0.5, 0.6) is 0 Å². The lowest BCUT2D eigenvalue weighted by Crippen LogP contribution is -1.96. The van der Waals surface area contributed by atoms with Crippen molar-refractivity contribution in [1.29, 1.82) is 0 Å². The molecule has 2 aromatic carbocycles. The molecule has 2 heterocycles. The number of rotatable bonds is 2. The van der Waals surface area contributed by atoms with Crippen LogP contribution in [0.3, 0.4) is 0 Å². The molecule has 3 nitrogen and oxygen atoms in total. The van der Waals surface area contributed by atoms with Crippen LogP contribution < -0.4 is 5.43 Å². The van der Waals surface area contributed by atoms with E-state index in [0.29, 0.717) is 16.6 Å². The molecule has 0 saturated heterocycles. The van der Waals surface area contributed by atoms with Gasteiger partial charge in [-0.2, -0.15) is 0 Å². The minimum absolute atomic E-state index is 0.0503. The molecular formula is C19H12O3. The van der Waals surface area contributed by atoms with Gasteiger partial charge in [0.15, 0.2) is 5.43 Å². The Bertz CT molecular complexity index is 1040. The number of benzene rings is 2. The molecule has 0 radical (unpaired) electrons. The lowest BCUT2D eigenvalue weighted by molar-refractivity contribution is 0.592. The molecule has 0 saturated carbocycles. The van der Waals surface area contributed by atoms with E-state index in [2.05, 4.69) is 0 Å². The Labute approximate surface area is 126 Å². The third-order valence-electron chi connectivity index (χ3n) is 3.56. The zero-order chi connectivity index (χ0) is 14.9. The van der Waals surface area contributed by atoms with Gasteiger partial charge in [-0.3, -0.25) is 4.79 Å². The van der Waals surface area contributed by atoms with Gasteiger partial charge in [0.1, 0.15) is 16.9 Å². The fourth-order valence-electron chi connectivity index (χ4n) is 2.46. The van der Waals surface area contributed by atoms with Crippen LogP contribution in [0.15, 0.2) is 74.5 Å². The molecular weight excluding hydrogens is 276 g/mol. The van der Waals surface area contributed by atoms with Crippen molar-refractivity contribution in [2.45, 2.75) is 0 Å². The molecule has 0 amide bonds. The van der Waals surface area contributed by atoms with Crippen LogP contribution in [-0.2, 0) is 0 Å². The molecule has 0 atom stereocenters. The summed E-state index contributed by atoms with van der Waals surface area (Å²) in [4.78, 5) is 11.8. The molecule has 0 aliphatic heterocycles. The minimum Gasteiger partial charge on any atom is -0.464 e. The van der Waals surface area contributed by atoms with Gasteiger partial charge in [0.25, 0.3) is 0 Å². The van der Waals surface area contributed by atoms with Crippen molar-refractivity contribution in [2.75, 3.05) is 0 Å². The summed E-state index contributed by atoms with van der Waals surface area (Å²) >= 11 is 0. The molecule has 0 N–H and O–H groups in total. The molecule has 0 bridgehead atoms. The minimum atomic E-state index is -0.0503. The monoisotopic (exact) mass is 288 g/mol. The van der Waals surface area contributed by atoms with Gasteiger partial charge in [-0.25, -0.2) is 0 Å². The first-order valence-corrected chi connectivity index (χ1v) is 6.98. The van der Waals surface area contributed by atoms with Crippen LogP contribution in [0.4, 0.5) is 0 Å². The lowest BCUT2D eigenvalue weighted by atomic mass is 10.1. The van der Waals surface area contributed by atoms with Crippen LogP contribution >= 0.6 is 0 Å². The fraction of sp³-hybridized carbons (Fsp3) is 0. The summed E-state index contributed by atoms with van der Waals surface area (Å²) in [5.74, 6) is 0.738. The fourth-order valence-corrected chi connectivity index (χ4v) is 2.46. The molecule has 0 fully saturated rings. The smallest absolute Gasteiger partial charge is 0.192 e. The second-order valence-corrected chi connectivity index (χ2v) is 5.06. The number of hydrogen-bond donors (Lipinski definition) is 0. The number of hydrogen-bond acceptors (Lipinski definition) is 3. The van der Waals surface area contributed by atoms with E-state index in [-0.39, 0.29) is 5.43 Å². The van der Waals surface area contributed by atoms with Crippen LogP contribution in [0.1, 0.15) is 11.3 Å². The molecule has 0 spiro atoms. The quantitative estimate of drug-likeness (QED) is 0.536. The summed E-state index contributed by atoms with van der Waals surface area (Å²) in [7, 11) is 0. The summed E-state index contributed by atoms with van der Waals surface area (Å²) in [6.07, 6.45) is 5.30. The molecule has 106 valence electrons. The van der Waals surface area contributed by atoms with Gasteiger partial charge in [0.2, 0.25) is 0 Å². The summed E-state index contributed by atoms with van der Waals surface area (Å²) < 4.78 is 11.1. The van der Waals surface area contributed by atoms with E-state index in [0.717, 1.165) is 16.7 Å². The molecule has 0 aliphatic carbocycles. The van der Waals surface area contributed by atoms with Crippen LogP contribution in [0.2, 0.25) is 0 Å². The summed E-state index contributed by atoms with van der Waals surface area (Å²) in [6.45, 7) is 0. The molecule has 0 unspecified atom stereocenters. The van der Waals surface area contributed by atoms with Crippen molar-refractivity contribution < 1.29 is 8.83 Å². The van der Waals surface area contributed by atoms with Crippen molar-refractivity contribution >= 4 is 34.1 Å². The maximum absolute atomic E-state index is 11.8. The van der Waals surface area contributed by atoms with Crippen LogP contribution in [-0.4, -0.2) is 0 Å². The van der Waals surface area contributed by atoms with Gasteiger partial charge in [-0.1, -0.05) is 36.4 Å². The largest absolute Gasteiger partial charge is 0.464 e. The van der Waals surface area contributed by atoms with Crippen molar-refractivity contribution in [1.82, 2.24) is 0 Å². The first-order chi connectivity index (χ1) is 10.8. The second-order valence-electron chi connectivity index (χ2n) is 5.06. The lowest BCUT2D eigenvalue weighted by Gasteiger charge is -1.94. The highest BCUT2D eigenvalue weighted by atomic mass is 16.3. The first-order valence-electron chi connectivity index (χ1n) is 6.98. The van der Waals surface area contributed by atoms with Crippen molar-refractivity contribution in [3.8, 4) is 0 Å². The van der Waals surface area contributed by atoms with Gasteiger partial charge < -0.3 is 8.83 Å². The van der Waals surface area contributed by atoms with E-state index in [1.165, 1.54) is 12.3 Å².